The van der Waals surface area contributed by atoms with Crippen LogP contribution in [0.25, 0.3) is 11.1 Å². The van der Waals surface area contributed by atoms with Gasteiger partial charge in [0.1, 0.15) is 11.5 Å². The molecule has 0 radical (unpaired) electrons. The molecule has 0 saturated carbocycles. The van der Waals surface area contributed by atoms with Crippen LogP contribution in [0.4, 0.5) is 26.3 Å². The minimum atomic E-state index is -6.14. The van der Waals surface area contributed by atoms with Crippen LogP contribution in [-0.2, 0) is 10.1 Å². The maximum absolute atomic E-state index is 12.6. The number of hydrogen-bond acceptors (Lipinski definition) is 5. The molecule has 27 heavy (non-hydrogen) atoms. The molecule has 0 atom stereocenters. The van der Waals surface area contributed by atoms with E-state index in [2.05, 4.69) is 8.92 Å². The van der Waals surface area contributed by atoms with Crippen LogP contribution in [-0.4, -0.2) is 27.4 Å². The zero-order valence-corrected chi connectivity index (χ0v) is 14.1. The van der Waals surface area contributed by atoms with Crippen molar-refractivity contribution in [1.29, 1.82) is 0 Å². The molecule has 0 heterocycles. The topological polar surface area (TPSA) is 61.8 Å². The Balaban J connectivity index is 2.63. The number of ether oxygens (including phenoxy) is 2. The Labute approximate surface area is 149 Å². The number of benzene rings is 2. The highest BCUT2D eigenvalue weighted by Gasteiger charge is 2.49. The summed E-state index contributed by atoms with van der Waals surface area (Å²) in [6.07, 6.45) is -5.15. The van der Waals surface area contributed by atoms with E-state index in [0.29, 0.717) is 6.07 Å². The number of para-hydroxylation sites is 1. The molecule has 148 valence electrons. The van der Waals surface area contributed by atoms with Crippen molar-refractivity contribution in [3.8, 4) is 28.4 Å². The first kappa shape index (κ1) is 20.7. The van der Waals surface area contributed by atoms with Gasteiger partial charge in [0.25, 0.3) is 0 Å². The number of halogens is 6. The third kappa shape index (κ3) is 4.96. The summed E-state index contributed by atoms with van der Waals surface area (Å²) < 4.78 is 110. The maximum Gasteiger partial charge on any atom is 0.573 e. The fourth-order valence-corrected chi connectivity index (χ4v) is 2.49. The molecule has 2 aromatic carbocycles. The van der Waals surface area contributed by atoms with Gasteiger partial charge in [-0.1, -0.05) is 18.2 Å². The van der Waals surface area contributed by atoms with E-state index in [4.69, 9.17) is 4.74 Å². The molecule has 0 fully saturated rings. The van der Waals surface area contributed by atoms with E-state index in [1.54, 1.807) is 0 Å². The second kappa shape index (κ2) is 7.18. The van der Waals surface area contributed by atoms with Crippen LogP contribution in [0.2, 0.25) is 0 Å². The van der Waals surface area contributed by atoms with E-state index in [1.165, 1.54) is 31.4 Å². The van der Waals surface area contributed by atoms with Crippen LogP contribution in [0.5, 0.6) is 17.2 Å². The van der Waals surface area contributed by atoms with Crippen LogP contribution in [0.3, 0.4) is 0 Å². The molecule has 0 saturated heterocycles. The Morgan fingerprint density at radius 2 is 1.44 bits per heavy atom. The number of rotatable bonds is 5. The minimum absolute atomic E-state index is 0.0888. The fourth-order valence-electron chi connectivity index (χ4n) is 2.02. The highest BCUT2D eigenvalue weighted by atomic mass is 32.2. The lowest BCUT2D eigenvalue weighted by atomic mass is 10.0. The summed E-state index contributed by atoms with van der Waals surface area (Å²) in [4.78, 5) is 0. The lowest BCUT2D eigenvalue weighted by Crippen LogP contribution is -2.28. The quantitative estimate of drug-likeness (QED) is 0.408. The zero-order chi connectivity index (χ0) is 20.5. The Morgan fingerprint density at radius 1 is 0.852 bits per heavy atom. The summed E-state index contributed by atoms with van der Waals surface area (Å²) in [6.45, 7) is 0. The molecule has 0 aliphatic heterocycles. The summed E-state index contributed by atoms with van der Waals surface area (Å²) in [6, 6.07) is 7.85. The Hall–Kier alpha value is -2.63. The van der Waals surface area contributed by atoms with Gasteiger partial charge in [-0.3, -0.25) is 0 Å². The van der Waals surface area contributed by atoms with Gasteiger partial charge >= 0.3 is 22.0 Å². The molecule has 0 unspecified atom stereocenters. The van der Waals surface area contributed by atoms with Crippen molar-refractivity contribution in [1.82, 2.24) is 0 Å². The number of methoxy groups -OCH3 is 1. The summed E-state index contributed by atoms with van der Waals surface area (Å²) >= 11 is 0. The van der Waals surface area contributed by atoms with Crippen LogP contribution < -0.4 is 13.7 Å². The van der Waals surface area contributed by atoms with E-state index in [-0.39, 0.29) is 16.9 Å². The van der Waals surface area contributed by atoms with Crippen molar-refractivity contribution in [2.45, 2.75) is 11.9 Å². The summed E-state index contributed by atoms with van der Waals surface area (Å²) in [5, 5.41) is 0. The van der Waals surface area contributed by atoms with E-state index in [0.717, 1.165) is 12.1 Å². The summed E-state index contributed by atoms with van der Waals surface area (Å²) in [5.41, 5.74) is -5.95. The predicted molar refractivity (Wildman–Crippen MR) is 80.7 cm³/mol. The van der Waals surface area contributed by atoms with Gasteiger partial charge in [0.15, 0.2) is 5.75 Å². The van der Waals surface area contributed by atoms with E-state index in [9.17, 15) is 34.8 Å². The third-order valence-electron chi connectivity index (χ3n) is 3.07. The van der Waals surface area contributed by atoms with Gasteiger partial charge in [0.05, 0.1) is 7.11 Å². The molecule has 0 aliphatic rings. The van der Waals surface area contributed by atoms with Crippen molar-refractivity contribution in [3.05, 3.63) is 42.5 Å². The van der Waals surface area contributed by atoms with E-state index >= 15 is 0 Å². The molecular formula is C15H10F6O5S. The van der Waals surface area contributed by atoms with Crippen LogP contribution in [0.15, 0.2) is 42.5 Å². The Kier molecular flexibility index (Phi) is 5.50. The van der Waals surface area contributed by atoms with E-state index in [1.807, 2.05) is 0 Å². The van der Waals surface area contributed by atoms with Gasteiger partial charge < -0.3 is 13.7 Å². The van der Waals surface area contributed by atoms with Crippen molar-refractivity contribution in [2.24, 2.45) is 0 Å². The van der Waals surface area contributed by atoms with Crippen molar-refractivity contribution < 1.29 is 48.4 Å². The van der Waals surface area contributed by atoms with Gasteiger partial charge in [0.2, 0.25) is 0 Å². The Bertz CT molecular complexity index is 921. The fraction of sp³-hybridized carbons (Fsp3) is 0.200. The first-order valence-corrected chi connectivity index (χ1v) is 8.29. The second-order valence-corrected chi connectivity index (χ2v) is 6.43. The van der Waals surface area contributed by atoms with Crippen LogP contribution in [0.1, 0.15) is 0 Å². The van der Waals surface area contributed by atoms with Crippen LogP contribution in [0, 0.1) is 0 Å². The molecule has 0 spiro atoms. The van der Waals surface area contributed by atoms with E-state index < -0.39 is 33.5 Å². The molecule has 0 aliphatic carbocycles. The first-order chi connectivity index (χ1) is 12.3. The smallest absolute Gasteiger partial charge is 0.496 e. The molecule has 0 N–H and O–H groups in total. The standard InChI is InChI=1S/C15H10F6O5S/c1-24-12-5-3-2-4-10(12)11-7-6-9(25-14(16,17)18)8-13(11)26-27(22,23)15(19,20)21/h2-8H,1H3. The van der Waals surface area contributed by atoms with Gasteiger partial charge in [-0.2, -0.15) is 21.6 Å². The predicted octanol–water partition coefficient (Wildman–Crippen LogP) is 4.49. The minimum Gasteiger partial charge on any atom is -0.496 e. The SMILES string of the molecule is COc1ccccc1-c1ccc(OC(F)(F)F)cc1OS(=O)(=O)C(F)(F)F. The molecule has 5 nitrogen and oxygen atoms in total. The number of alkyl halides is 6. The second-order valence-electron chi connectivity index (χ2n) is 4.89. The highest BCUT2D eigenvalue weighted by molar-refractivity contribution is 7.88. The number of hydrogen-bond donors (Lipinski definition) is 0. The highest BCUT2D eigenvalue weighted by Crippen LogP contribution is 2.41. The first-order valence-electron chi connectivity index (χ1n) is 6.88. The Morgan fingerprint density at radius 3 is 2.00 bits per heavy atom. The maximum atomic E-state index is 12.6. The molecule has 12 heteroatoms. The normalized spacial score (nSPS) is 12.6. The summed E-state index contributed by atoms with van der Waals surface area (Å²) in [7, 11) is -4.90. The summed E-state index contributed by atoms with van der Waals surface area (Å²) in [5.74, 6) is -1.86. The molecule has 0 amide bonds. The molecule has 2 rings (SSSR count). The molecular weight excluding hydrogens is 406 g/mol. The van der Waals surface area contributed by atoms with Crippen molar-refractivity contribution >= 4 is 10.1 Å². The van der Waals surface area contributed by atoms with Gasteiger partial charge in [-0.15, -0.1) is 13.2 Å². The average molecular weight is 416 g/mol. The monoisotopic (exact) mass is 416 g/mol. The van der Waals surface area contributed by atoms with Gasteiger partial charge in [-0.25, -0.2) is 0 Å². The third-order valence-corrected chi connectivity index (χ3v) is 4.03. The lowest BCUT2D eigenvalue weighted by Gasteiger charge is -2.16. The molecule has 0 bridgehead atoms. The average Bonchev–Trinajstić information content (AvgIpc) is 2.52. The molecule has 0 aromatic heterocycles. The molecule has 2 aromatic rings. The van der Waals surface area contributed by atoms with Gasteiger partial charge in [0, 0.05) is 17.2 Å². The van der Waals surface area contributed by atoms with Crippen molar-refractivity contribution in [2.75, 3.05) is 7.11 Å². The van der Waals surface area contributed by atoms with Gasteiger partial charge in [-0.05, 0) is 18.2 Å². The van der Waals surface area contributed by atoms with Crippen molar-refractivity contribution in [3.63, 3.8) is 0 Å². The zero-order valence-electron chi connectivity index (χ0n) is 13.3. The lowest BCUT2D eigenvalue weighted by molar-refractivity contribution is -0.274. The largest absolute Gasteiger partial charge is 0.573 e. The van der Waals surface area contributed by atoms with Crippen LogP contribution >= 0.6 is 0 Å².